The van der Waals surface area contributed by atoms with Crippen LogP contribution in [-0.4, -0.2) is 33.5 Å². The van der Waals surface area contributed by atoms with E-state index in [2.05, 4.69) is 10.0 Å². The monoisotopic (exact) mass is 313 g/mol. The molecule has 1 rings (SSSR count). The average Bonchev–Trinajstić information content (AvgIpc) is 2.45. The fraction of sp³-hybridized carbons (Fsp3) is 0.500. The number of aryl methyl sites for hydroxylation is 1. The Hall–Kier alpha value is -1.44. The van der Waals surface area contributed by atoms with Gasteiger partial charge in [-0.1, -0.05) is 12.1 Å². The van der Waals surface area contributed by atoms with Crippen LogP contribution >= 0.6 is 0 Å². The lowest BCUT2D eigenvalue weighted by Crippen LogP contribution is -2.48. The summed E-state index contributed by atoms with van der Waals surface area (Å²) in [5.41, 5.74) is 6.05. The molecule has 0 aliphatic carbocycles. The molecular weight excluding hydrogens is 290 g/mol. The molecule has 0 aromatic heterocycles. The lowest BCUT2D eigenvalue weighted by molar-refractivity contribution is -0.122. The van der Waals surface area contributed by atoms with Crippen LogP contribution in [0.2, 0.25) is 0 Å². The van der Waals surface area contributed by atoms with Gasteiger partial charge in [0, 0.05) is 18.5 Å². The highest BCUT2D eigenvalue weighted by molar-refractivity contribution is 7.89. The minimum absolute atomic E-state index is 0.0719. The number of carbonyl (C=O) groups excluding carboxylic acids is 1. The lowest BCUT2D eigenvalue weighted by Gasteiger charge is -2.24. The molecule has 1 amide bonds. The standard InChI is InChI=1S/C14H23N3O3S/c1-14(2,10-15)17-13(18)9-6-11-4-7-12(8-5-11)21(19,20)16-3/h4-5,7-8,16H,6,9-10,15H2,1-3H3,(H,17,18). The number of sulfonamides is 1. The first-order valence-corrected chi connectivity index (χ1v) is 8.22. The van der Waals surface area contributed by atoms with E-state index in [1.165, 1.54) is 19.2 Å². The van der Waals surface area contributed by atoms with Gasteiger partial charge in [0.15, 0.2) is 0 Å². The van der Waals surface area contributed by atoms with E-state index in [1.54, 1.807) is 12.1 Å². The fourth-order valence-electron chi connectivity index (χ4n) is 1.70. The van der Waals surface area contributed by atoms with Crippen LogP contribution in [0, 0.1) is 0 Å². The predicted molar refractivity (Wildman–Crippen MR) is 82.3 cm³/mol. The summed E-state index contributed by atoms with van der Waals surface area (Å²) in [4.78, 5) is 12.0. The molecule has 1 aromatic carbocycles. The Morgan fingerprint density at radius 2 is 1.81 bits per heavy atom. The molecule has 21 heavy (non-hydrogen) atoms. The van der Waals surface area contributed by atoms with Gasteiger partial charge >= 0.3 is 0 Å². The summed E-state index contributed by atoms with van der Waals surface area (Å²) in [6.07, 6.45) is 0.883. The van der Waals surface area contributed by atoms with Gasteiger partial charge < -0.3 is 11.1 Å². The molecule has 0 atom stereocenters. The first-order valence-electron chi connectivity index (χ1n) is 6.74. The smallest absolute Gasteiger partial charge is 0.240 e. The minimum atomic E-state index is -3.42. The number of amides is 1. The van der Waals surface area contributed by atoms with E-state index in [0.29, 0.717) is 19.4 Å². The van der Waals surface area contributed by atoms with Crippen molar-refractivity contribution >= 4 is 15.9 Å². The van der Waals surface area contributed by atoms with E-state index in [4.69, 9.17) is 5.73 Å². The number of nitrogens with one attached hydrogen (secondary N) is 2. The van der Waals surface area contributed by atoms with Crippen molar-refractivity contribution in [2.45, 2.75) is 37.1 Å². The molecule has 118 valence electrons. The molecule has 0 bridgehead atoms. The van der Waals surface area contributed by atoms with Crippen molar-refractivity contribution in [2.75, 3.05) is 13.6 Å². The molecule has 0 saturated carbocycles. The first kappa shape index (κ1) is 17.6. The lowest BCUT2D eigenvalue weighted by atomic mass is 10.0. The third kappa shape index (κ3) is 5.45. The molecule has 0 heterocycles. The van der Waals surface area contributed by atoms with Gasteiger partial charge in [-0.25, -0.2) is 13.1 Å². The zero-order valence-corrected chi connectivity index (χ0v) is 13.5. The van der Waals surface area contributed by atoms with E-state index in [0.717, 1.165) is 5.56 Å². The molecule has 0 spiro atoms. The van der Waals surface area contributed by atoms with E-state index >= 15 is 0 Å². The summed E-state index contributed by atoms with van der Waals surface area (Å²) in [7, 11) is -2.05. The van der Waals surface area contributed by atoms with Crippen LogP contribution in [-0.2, 0) is 21.2 Å². The van der Waals surface area contributed by atoms with Gasteiger partial charge in [0.05, 0.1) is 4.90 Å². The van der Waals surface area contributed by atoms with E-state index in [9.17, 15) is 13.2 Å². The maximum Gasteiger partial charge on any atom is 0.240 e. The number of rotatable bonds is 7. The van der Waals surface area contributed by atoms with E-state index in [-0.39, 0.29) is 10.8 Å². The predicted octanol–water partition coefficient (Wildman–Crippen LogP) is 0.381. The third-order valence-corrected chi connectivity index (χ3v) is 4.56. The van der Waals surface area contributed by atoms with Crippen molar-refractivity contribution in [3.8, 4) is 0 Å². The highest BCUT2D eigenvalue weighted by atomic mass is 32.2. The molecule has 0 saturated heterocycles. The Morgan fingerprint density at radius 3 is 2.29 bits per heavy atom. The van der Waals surface area contributed by atoms with Crippen LogP contribution in [0.3, 0.4) is 0 Å². The number of hydrogen-bond acceptors (Lipinski definition) is 4. The Kier molecular flexibility index (Phi) is 5.88. The maximum atomic E-state index is 11.8. The van der Waals surface area contributed by atoms with E-state index < -0.39 is 15.6 Å². The fourth-order valence-corrected chi connectivity index (χ4v) is 2.43. The second-order valence-electron chi connectivity index (χ2n) is 5.49. The minimum Gasteiger partial charge on any atom is -0.350 e. The zero-order valence-electron chi connectivity index (χ0n) is 12.6. The number of nitrogens with two attached hydrogens (primary N) is 1. The highest BCUT2D eigenvalue weighted by Gasteiger charge is 2.18. The average molecular weight is 313 g/mol. The van der Waals surface area contributed by atoms with Crippen molar-refractivity contribution in [3.05, 3.63) is 29.8 Å². The molecule has 4 N–H and O–H groups in total. The molecule has 0 aliphatic rings. The van der Waals surface area contributed by atoms with Crippen LogP contribution < -0.4 is 15.8 Å². The largest absolute Gasteiger partial charge is 0.350 e. The summed E-state index contributed by atoms with van der Waals surface area (Å²) in [5.74, 6) is -0.0719. The molecule has 0 unspecified atom stereocenters. The Bertz CT molecular complexity index is 580. The SMILES string of the molecule is CNS(=O)(=O)c1ccc(CCC(=O)NC(C)(C)CN)cc1. The number of hydrogen-bond donors (Lipinski definition) is 3. The quantitative estimate of drug-likeness (QED) is 0.677. The third-order valence-electron chi connectivity index (χ3n) is 3.13. The summed E-state index contributed by atoms with van der Waals surface area (Å²) in [6.45, 7) is 4.10. The molecular formula is C14H23N3O3S. The van der Waals surface area contributed by atoms with Gasteiger partial charge in [-0.15, -0.1) is 0 Å². The van der Waals surface area contributed by atoms with Crippen LogP contribution in [0.15, 0.2) is 29.2 Å². The van der Waals surface area contributed by atoms with Crippen LogP contribution in [0.1, 0.15) is 25.8 Å². The van der Waals surface area contributed by atoms with Crippen LogP contribution in [0.4, 0.5) is 0 Å². The maximum absolute atomic E-state index is 11.8. The van der Waals surface area contributed by atoms with Crippen LogP contribution in [0.25, 0.3) is 0 Å². The van der Waals surface area contributed by atoms with Crippen LogP contribution in [0.5, 0.6) is 0 Å². The molecule has 0 aliphatic heterocycles. The van der Waals surface area contributed by atoms with Gasteiger partial charge in [-0.3, -0.25) is 4.79 Å². The Labute approximate surface area is 126 Å². The summed E-state index contributed by atoms with van der Waals surface area (Å²) < 4.78 is 25.4. The highest BCUT2D eigenvalue weighted by Crippen LogP contribution is 2.11. The van der Waals surface area contributed by atoms with Crippen molar-refractivity contribution in [1.82, 2.24) is 10.0 Å². The normalized spacial score (nSPS) is 12.2. The first-order chi connectivity index (χ1) is 9.70. The van der Waals surface area contributed by atoms with Gasteiger partial charge in [0.2, 0.25) is 15.9 Å². The summed E-state index contributed by atoms with van der Waals surface area (Å²) in [6, 6.07) is 6.49. The molecule has 6 nitrogen and oxygen atoms in total. The Balaban J connectivity index is 2.60. The van der Waals surface area contributed by atoms with Gasteiger partial charge in [0.1, 0.15) is 0 Å². The van der Waals surface area contributed by atoms with Crippen molar-refractivity contribution < 1.29 is 13.2 Å². The number of benzene rings is 1. The Morgan fingerprint density at radius 1 is 1.24 bits per heavy atom. The molecule has 7 heteroatoms. The van der Waals surface area contributed by atoms with Crippen molar-refractivity contribution in [3.63, 3.8) is 0 Å². The van der Waals surface area contributed by atoms with Crippen molar-refractivity contribution in [1.29, 1.82) is 0 Å². The zero-order chi connectivity index (χ0) is 16.1. The van der Waals surface area contributed by atoms with Crippen molar-refractivity contribution in [2.24, 2.45) is 5.73 Å². The van der Waals surface area contributed by atoms with Gasteiger partial charge in [-0.05, 0) is 45.0 Å². The van der Waals surface area contributed by atoms with Gasteiger partial charge in [-0.2, -0.15) is 0 Å². The molecule has 1 aromatic rings. The summed E-state index contributed by atoms with van der Waals surface area (Å²) in [5, 5.41) is 2.85. The topological polar surface area (TPSA) is 101 Å². The van der Waals surface area contributed by atoms with E-state index in [1.807, 2.05) is 13.8 Å². The number of carbonyl (C=O) groups is 1. The second-order valence-corrected chi connectivity index (χ2v) is 7.37. The molecule has 0 fully saturated rings. The molecule has 0 radical (unpaired) electrons. The van der Waals surface area contributed by atoms with Gasteiger partial charge in [0.25, 0.3) is 0 Å². The second kappa shape index (κ2) is 7.02. The summed E-state index contributed by atoms with van der Waals surface area (Å²) >= 11 is 0.